The van der Waals surface area contributed by atoms with Gasteiger partial charge in [-0.05, 0) is 173 Å². The lowest BCUT2D eigenvalue weighted by molar-refractivity contribution is 0.332. The van der Waals surface area contributed by atoms with Crippen LogP contribution in [0, 0.1) is 6.92 Å². The van der Waals surface area contributed by atoms with Gasteiger partial charge in [-0.15, -0.1) is 0 Å². The number of benzene rings is 6. The summed E-state index contributed by atoms with van der Waals surface area (Å²) in [5.41, 5.74) is 26.0. The normalized spacial score (nSPS) is 18.5. The molecule has 2 nitrogen and oxygen atoms in total. The summed E-state index contributed by atoms with van der Waals surface area (Å²) in [6.07, 6.45) is 3.48. The Labute approximate surface area is 405 Å². The summed E-state index contributed by atoms with van der Waals surface area (Å²) in [5.74, 6) is 0. The van der Waals surface area contributed by atoms with E-state index in [0.29, 0.717) is 0 Å². The van der Waals surface area contributed by atoms with Crippen LogP contribution in [-0.4, -0.2) is 6.71 Å². The Morgan fingerprint density at radius 2 is 0.851 bits per heavy atom. The second kappa shape index (κ2) is 14.5. The molecule has 0 unspecified atom stereocenters. The van der Waals surface area contributed by atoms with Gasteiger partial charge in [-0.25, -0.2) is 0 Å². The number of fused-ring (bicyclic) bond motifs is 6. The first-order chi connectivity index (χ1) is 31.0. The number of hydrogen-bond donors (Lipinski definition) is 0. The van der Waals surface area contributed by atoms with Gasteiger partial charge in [0.25, 0.3) is 6.71 Å². The van der Waals surface area contributed by atoms with Crippen LogP contribution in [0.15, 0.2) is 103 Å². The summed E-state index contributed by atoms with van der Waals surface area (Å²) in [4.78, 5) is 5.44. The molecule has 0 fully saturated rings. The zero-order valence-electron chi connectivity index (χ0n) is 44.4. The number of anilines is 6. The summed E-state index contributed by atoms with van der Waals surface area (Å²) in [5, 5.41) is 0. The molecule has 6 aromatic rings. The lowest BCUT2D eigenvalue weighted by Crippen LogP contribution is -2.62. The number of rotatable bonds is 3. The van der Waals surface area contributed by atoms with Gasteiger partial charge < -0.3 is 9.80 Å². The van der Waals surface area contributed by atoms with Crippen molar-refractivity contribution in [1.29, 1.82) is 0 Å². The average molecular weight is 885 g/mol. The first kappa shape index (κ1) is 45.8. The molecule has 4 aliphatic rings. The third-order valence-corrected chi connectivity index (χ3v) is 16.9. The molecule has 2 aliphatic carbocycles. The van der Waals surface area contributed by atoms with Gasteiger partial charge >= 0.3 is 0 Å². The molecule has 0 bridgehead atoms. The SMILES string of the molecule is Cc1cc(C(C)(C)C)ccc1N1c2cc3c(cc2B2c4cc5c(cc4N(c4ccc(C(C)(C)C)cc4-c4ccccc4)c4cc(C(C)(C)C)cc1c42)C(C)(C)CC5(C)C)C(C)(C)CCC3(C)C. The smallest absolute Gasteiger partial charge is 0.252 e. The molecule has 0 amide bonds. The summed E-state index contributed by atoms with van der Waals surface area (Å²) in [7, 11) is 0. The predicted octanol–water partition coefficient (Wildman–Crippen LogP) is 15.9. The van der Waals surface area contributed by atoms with Gasteiger partial charge in [0.1, 0.15) is 0 Å². The van der Waals surface area contributed by atoms with Crippen molar-refractivity contribution in [2.24, 2.45) is 0 Å². The third kappa shape index (κ3) is 7.17. The van der Waals surface area contributed by atoms with Crippen LogP contribution in [0.2, 0.25) is 0 Å². The van der Waals surface area contributed by atoms with Crippen molar-refractivity contribution in [3.05, 3.63) is 148 Å². The molecule has 2 heterocycles. The van der Waals surface area contributed by atoms with E-state index in [-0.39, 0.29) is 44.6 Å². The van der Waals surface area contributed by atoms with Gasteiger partial charge in [0.05, 0.1) is 5.69 Å². The van der Waals surface area contributed by atoms with Crippen molar-refractivity contribution in [3.8, 4) is 11.1 Å². The highest BCUT2D eigenvalue weighted by Gasteiger charge is 2.50. The van der Waals surface area contributed by atoms with E-state index in [9.17, 15) is 0 Å². The molecule has 0 aromatic heterocycles. The van der Waals surface area contributed by atoms with Crippen molar-refractivity contribution in [2.75, 3.05) is 9.80 Å². The van der Waals surface area contributed by atoms with Crippen LogP contribution in [0.1, 0.15) is 181 Å². The Kier molecular flexibility index (Phi) is 9.91. The molecule has 0 spiro atoms. The maximum absolute atomic E-state index is 2.72. The van der Waals surface area contributed by atoms with Crippen molar-refractivity contribution < 1.29 is 0 Å². The Morgan fingerprint density at radius 1 is 0.418 bits per heavy atom. The van der Waals surface area contributed by atoms with Crippen LogP contribution in [0.4, 0.5) is 34.1 Å². The minimum absolute atomic E-state index is 0.0131. The first-order valence-corrected chi connectivity index (χ1v) is 25.5. The van der Waals surface area contributed by atoms with E-state index in [0.717, 1.165) is 6.42 Å². The minimum atomic E-state index is -0.117. The monoisotopic (exact) mass is 885 g/mol. The van der Waals surface area contributed by atoms with E-state index in [1.165, 1.54) is 119 Å². The molecule has 2 aliphatic heterocycles. The van der Waals surface area contributed by atoms with Gasteiger partial charge in [0.2, 0.25) is 0 Å². The second-order valence-electron chi connectivity index (χ2n) is 27.0. The number of hydrogen-bond acceptors (Lipinski definition) is 2. The van der Waals surface area contributed by atoms with Gasteiger partial charge in [0.15, 0.2) is 0 Å². The van der Waals surface area contributed by atoms with E-state index in [1.54, 1.807) is 0 Å². The maximum Gasteiger partial charge on any atom is 0.252 e. The molecular weight excluding hydrogens is 808 g/mol. The molecule has 0 atom stereocenters. The van der Waals surface area contributed by atoms with Gasteiger partial charge in [-0.3, -0.25) is 0 Å². The zero-order valence-corrected chi connectivity index (χ0v) is 44.4. The van der Waals surface area contributed by atoms with Gasteiger partial charge in [-0.2, -0.15) is 0 Å². The Bertz CT molecular complexity index is 3010. The standard InChI is InChI=1S/C64H77BN2/c1-39-30-41(58(2,3)4)24-26-51(39)66-53-36-47-45(61(11,12)28-29-62(47,13)14)34-49(53)65-50-35-46-48(64(17,18)38-63(46,15)16)37-54(50)67(56-33-43(60(8,9)10)32-55(66)57(56)65)52-27-25-42(59(5,6)7)31-44(52)40-22-20-19-21-23-40/h19-27,30-37H,28-29,38H2,1-18H3. The van der Waals surface area contributed by atoms with Gasteiger partial charge in [0, 0.05) is 34.0 Å². The van der Waals surface area contributed by atoms with Crippen LogP contribution in [0.5, 0.6) is 0 Å². The molecule has 0 saturated heterocycles. The minimum Gasteiger partial charge on any atom is -0.311 e. The summed E-state index contributed by atoms with van der Waals surface area (Å²) < 4.78 is 0. The summed E-state index contributed by atoms with van der Waals surface area (Å²) in [6, 6.07) is 41.7. The number of aryl methyl sites for hydroxylation is 1. The lowest BCUT2D eigenvalue weighted by atomic mass is 9.32. The van der Waals surface area contributed by atoms with Crippen LogP contribution < -0.4 is 26.2 Å². The Balaban J connectivity index is 1.40. The Morgan fingerprint density at radius 3 is 1.34 bits per heavy atom. The van der Waals surface area contributed by atoms with E-state index < -0.39 is 0 Å². The first-order valence-electron chi connectivity index (χ1n) is 25.5. The molecule has 0 saturated carbocycles. The predicted molar refractivity (Wildman–Crippen MR) is 293 cm³/mol. The van der Waals surface area contributed by atoms with E-state index in [4.69, 9.17) is 0 Å². The summed E-state index contributed by atoms with van der Waals surface area (Å²) >= 11 is 0. The Hall–Kier alpha value is -5.02. The fourth-order valence-electron chi connectivity index (χ4n) is 12.9. The fraction of sp³-hybridized carbons (Fsp3) is 0.438. The van der Waals surface area contributed by atoms with Crippen LogP contribution >= 0.6 is 0 Å². The van der Waals surface area contributed by atoms with Crippen molar-refractivity contribution >= 4 is 57.2 Å². The largest absolute Gasteiger partial charge is 0.311 e. The van der Waals surface area contributed by atoms with E-state index in [2.05, 4.69) is 238 Å². The topological polar surface area (TPSA) is 6.48 Å². The molecule has 10 rings (SSSR count). The third-order valence-electron chi connectivity index (χ3n) is 16.9. The highest BCUT2D eigenvalue weighted by molar-refractivity contribution is 7.00. The highest BCUT2D eigenvalue weighted by atomic mass is 15.2. The molecule has 3 heteroatoms. The molecular formula is C64H77BN2. The van der Waals surface area contributed by atoms with Crippen LogP contribution in [-0.2, 0) is 37.9 Å². The summed E-state index contributed by atoms with van der Waals surface area (Å²) in [6.45, 7) is 43.5. The number of nitrogens with zero attached hydrogens (tertiary/aromatic N) is 2. The van der Waals surface area contributed by atoms with Crippen LogP contribution in [0.3, 0.4) is 0 Å². The molecule has 346 valence electrons. The zero-order chi connectivity index (χ0) is 48.3. The highest BCUT2D eigenvalue weighted by Crippen LogP contribution is 2.55. The second-order valence-corrected chi connectivity index (χ2v) is 27.0. The molecule has 0 N–H and O–H groups in total. The van der Waals surface area contributed by atoms with E-state index >= 15 is 0 Å². The van der Waals surface area contributed by atoms with Gasteiger partial charge in [-0.1, -0.05) is 178 Å². The lowest BCUT2D eigenvalue weighted by Gasteiger charge is -2.48. The molecule has 67 heavy (non-hydrogen) atoms. The van der Waals surface area contributed by atoms with Crippen LogP contribution in [0.25, 0.3) is 11.1 Å². The van der Waals surface area contributed by atoms with Crippen molar-refractivity contribution in [2.45, 2.75) is 182 Å². The molecule has 0 radical (unpaired) electrons. The van der Waals surface area contributed by atoms with Crippen molar-refractivity contribution in [3.63, 3.8) is 0 Å². The molecule has 6 aromatic carbocycles. The maximum atomic E-state index is 2.72. The quantitative estimate of drug-likeness (QED) is 0.163. The van der Waals surface area contributed by atoms with Crippen molar-refractivity contribution in [1.82, 2.24) is 0 Å². The fourth-order valence-corrected chi connectivity index (χ4v) is 12.9. The van der Waals surface area contributed by atoms with E-state index in [1.807, 2.05) is 0 Å². The average Bonchev–Trinajstić information content (AvgIpc) is 3.42.